The van der Waals surface area contributed by atoms with Crippen LogP contribution < -0.4 is 10.1 Å². The Hall–Kier alpha value is -2.86. The molecule has 0 fully saturated rings. The SMILES string of the molecule is Cc1cc(OCC(=O)Nc2ccc(-n3ccnc3)nc2)c(C(C)C)cc1Cl. The fraction of sp³-hybridized carbons (Fsp3) is 0.250. The van der Waals surface area contributed by atoms with Crippen LogP contribution in [-0.2, 0) is 4.79 Å². The van der Waals surface area contributed by atoms with E-state index in [2.05, 4.69) is 29.1 Å². The van der Waals surface area contributed by atoms with Crippen LogP contribution in [0.1, 0.15) is 30.9 Å². The summed E-state index contributed by atoms with van der Waals surface area (Å²) in [7, 11) is 0. The van der Waals surface area contributed by atoms with Crippen LogP contribution >= 0.6 is 11.6 Å². The molecule has 27 heavy (non-hydrogen) atoms. The third kappa shape index (κ3) is 4.65. The van der Waals surface area contributed by atoms with Crippen molar-refractivity contribution in [1.29, 1.82) is 0 Å². The maximum Gasteiger partial charge on any atom is 0.262 e. The standard InChI is InChI=1S/C20H21ClN4O2/c1-13(2)16-9-17(21)14(3)8-18(16)27-11-20(26)24-15-4-5-19(23-10-15)25-7-6-22-12-25/h4-10,12-13H,11H2,1-3H3,(H,24,26). The molecule has 3 rings (SSSR count). The second kappa shape index (κ2) is 8.22. The maximum atomic E-state index is 12.2. The van der Waals surface area contributed by atoms with Crippen LogP contribution in [0.5, 0.6) is 5.75 Å². The zero-order chi connectivity index (χ0) is 19.4. The van der Waals surface area contributed by atoms with Crippen molar-refractivity contribution in [2.75, 3.05) is 11.9 Å². The van der Waals surface area contributed by atoms with E-state index >= 15 is 0 Å². The van der Waals surface area contributed by atoms with Crippen LogP contribution in [0.3, 0.4) is 0 Å². The summed E-state index contributed by atoms with van der Waals surface area (Å²) in [5.74, 6) is 1.38. The fourth-order valence-corrected chi connectivity index (χ4v) is 2.77. The number of imidazole rings is 1. The summed E-state index contributed by atoms with van der Waals surface area (Å²) in [6.07, 6.45) is 6.74. The molecule has 2 aromatic heterocycles. The highest BCUT2D eigenvalue weighted by Crippen LogP contribution is 2.32. The molecule has 0 spiro atoms. The van der Waals surface area contributed by atoms with Gasteiger partial charge < -0.3 is 10.1 Å². The highest BCUT2D eigenvalue weighted by Gasteiger charge is 2.13. The minimum absolute atomic E-state index is 0.0932. The van der Waals surface area contributed by atoms with Crippen LogP contribution in [-0.4, -0.2) is 27.0 Å². The molecule has 2 heterocycles. The van der Waals surface area contributed by atoms with Crippen molar-refractivity contribution in [2.24, 2.45) is 0 Å². The van der Waals surface area contributed by atoms with Gasteiger partial charge in [-0.3, -0.25) is 9.36 Å². The summed E-state index contributed by atoms with van der Waals surface area (Å²) in [5, 5.41) is 3.48. The number of nitrogens with zero attached hydrogens (tertiary/aromatic N) is 3. The molecule has 0 saturated heterocycles. The number of pyridine rings is 1. The first kappa shape index (κ1) is 18.9. The molecule has 0 bridgehead atoms. The van der Waals surface area contributed by atoms with Crippen LogP contribution in [0.2, 0.25) is 5.02 Å². The van der Waals surface area contributed by atoms with Gasteiger partial charge in [-0.25, -0.2) is 9.97 Å². The van der Waals surface area contributed by atoms with Crippen molar-refractivity contribution in [3.63, 3.8) is 0 Å². The van der Waals surface area contributed by atoms with Crippen LogP contribution in [0, 0.1) is 6.92 Å². The van der Waals surface area contributed by atoms with Gasteiger partial charge in [-0.2, -0.15) is 0 Å². The molecule has 0 aliphatic heterocycles. The molecule has 0 aliphatic rings. The Balaban J connectivity index is 1.62. The Morgan fingerprint density at radius 1 is 1.33 bits per heavy atom. The number of amides is 1. The Bertz CT molecular complexity index is 922. The Morgan fingerprint density at radius 3 is 2.78 bits per heavy atom. The Morgan fingerprint density at radius 2 is 2.15 bits per heavy atom. The lowest BCUT2D eigenvalue weighted by Gasteiger charge is -2.16. The topological polar surface area (TPSA) is 69.0 Å². The number of hydrogen-bond acceptors (Lipinski definition) is 4. The van der Waals surface area contributed by atoms with Crippen LogP contribution in [0.15, 0.2) is 49.2 Å². The minimum atomic E-state index is -0.255. The summed E-state index contributed by atoms with van der Waals surface area (Å²) in [6.45, 7) is 5.93. The fourth-order valence-electron chi connectivity index (χ4n) is 2.59. The molecule has 140 valence electrons. The van der Waals surface area contributed by atoms with Gasteiger partial charge in [-0.1, -0.05) is 25.4 Å². The highest BCUT2D eigenvalue weighted by molar-refractivity contribution is 6.31. The van der Waals surface area contributed by atoms with Crippen LogP contribution in [0.4, 0.5) is 5.69 Å². The predicted molar refractivity (Wildman–Crippen MR) is 106 cm³/mol. The summed E-state index contributed by atoms with van der Waals surface area (Å²) in [5.41, 5.74) is 2.49. The zero-order valence-corrected chi connectivity index (χ0v) is 16.2. The molecular weight excluding hydrogens is 364 g/mol. The van der Waals surface area contributed by atoms with E-state index in [0.717, 1.165) is 16.9 Å². The summed E-state index contributed by atoms with van der Waals surface area (Å²) in [6, 6.07) is 7.35. The van der Waals surface area contributed by atoms with Gasteiger partial charge in [0.2, 0.25) is 0 Å². The summed E-state index contributed by atoms with van der Waals surface area (Å²) in [4.78, 5) is 20.5. The molecule has 1 N–H and O–H groups in total. The molecule has 3 aromatic rings. The van der Waals surface area contributed by atoms with Gasteiger partial charge in [-0.05, 0) is 48.2 Å². The lowest BCUT2D eigenvalue weighted by molar-refractivity contribution is -0.118. The van der Waals surface area contributed by atoms with E-state index in [1.54, 1.807) is 41.6 Å². The van der Waals surface area contributed by atoms with Crippen molar-refractivity contribution in [1.82, 2.24) is 14.5 Å². The summed E-state index contributed by atoms with van der Waals surface area (Å²) < 4.78 is 7.53. The second-order valence-corrected chi connectivity index (χ2v) is 6.91. The third-order valence-corrected chi connectivity index (χ3v) is 4.48. The van der Waals surface area contributed by atoms with Gasteiger partial charge in [0.1, 0.15) is 17.9 Å². The van der Waals surface area contributed by atoms with Crippen LogP contribution in [0.25, 0.3) is 5.82 Å². The number of carbonyl (C=O) groups excluding carboxylic acids is 1. The lowest BCUT2D eigenvalue weighted by Crippen LogP contribution is -2.20. The van der Waals surface area contributed by atoms with E-state index in [4.69, 9.17) is 16.3 Å². The van der Waals surface area contributed by atoms with Crippen molar-refractivity contribution in [3.8, 4) is 11.6 Å². The number of rotatable bonds is 6. The molecule has 0 aliphatic carbocycles. The number of hydrogen-bond donors (Lipinski definition) is 1. The van der Waals surface area contributed by atoms with E-state index in [1.807, 2.05) is 19.1 Å². The lowest BCUT2D eigenvalue weighted by atomic mass is 10.0. The van der Waals surface area contributed by atoms with Gasteiger partial charge >= 0.3 is 0 Å². The summed E-state index contributed by atoms with van der Waals surface area (Å²) >= 11 is 6.20. The molecule has 6 nitrogen and oxygen atoms in total. The molecule has 1 amide bonds. The zero-order valence-electron chi connectivity index (χ0n) is 15.4. The molecule has 0 unspecified atom stereocenters. The van der Waals surface area contributed by atoms with E-state index in [-0.39, 0.29) is 18.4 Å². The van der Waals surface area contributed by atoms with E-state index in [0.29, 0.717) is 16.5 Å². The average Bonchev–Trinajstić information content (AvgIpc) is 3.17. The van der Waals surface area contributed by atoms with Crippen molar-refractivity contribution < 1.29 is 9.53 Å². The quantitative estimate of drug-likeness (QED) is 0.685. The third-order valence-electron chi connectivity index (χ3n) is 4.07. The van der Waals surface area contributed by atoms with Crippen molar-refractivity contribution in [2.45, 2.75) is 26.7 Å². The average molecular weight is 385 g/mol. The monoisotopic (exact) mass is 384 g/mol. The smallest absolute Gasteiger partial charge is 0.262 e. The maximum absolute atomic E-state index is 12.2. The first-order valence-corrected chi connectivity index (χ1v) is 8.99. The first-order chi connectivity index (χ1) is 12.9. The van der Waals surface area contributed by atoms with E-state index in [1.165, 1.54) is 0 Å². The number of aryl methyl sites for hydroxylation is 1. The molecule has 0 saturated carbocycles. The van der Waals surface area contributed by atoms with Gasteiger partial charge in [-0.15, -0.1) is 0 Å². The number of carbonyl (C=O) groups is 1. The van der Waals surface area contributed by atoms with Crippen molar-refractivity contribution in [3.05, 3.63) is 65.3 Å². The highest BCUT2D eigenvalue weighted by atomic mass is 35.5. The van der Waals surface area contributed by atoms with E-state index < -0.39 is 0 Å². The molecule has 0 radical (unpaired) electrons. The number of benzene rings is 1. The van der Waals surface area contributed by atoms with Gasteiger partial charge in [0.25, 0.3) is 5.91 Å². The van der Waals surface area contributed by atoms with Crippen molar-refractivity contribution >= 4 is 23.2 Å². The van der Waals surface area contributed by atoms with Gasteiger partial charge in [0.15, 0.2) is 6.61 Å². The molecule has 1 aromatic carbocycles. The Labute approximate surface area is 163 Å². The second-order valence-electron chi connectivity index (χ2n) is 6.51. The molecule has 7 heteroatoms. The number of anilines is 1. The van der Waals surface area contributed by atoms with E-state index in [9.17, 15) is 4.79 Å². The van der Waals surface area contributed by atoms with Gasteiger partial charge in [0.05, 0.1) is 11.9 Å². The normalized spacial score (nSPS) is 10.9. The first-order valence-electron chi connectivity index (χ1n) is 8.61. The number of aromatic nitrogens is 3. The minimum Gasteiger partial charge on any atom is -0.483 e. The largest absolute Gasteiger partial charge is 0.483 e. The molecule has 0 atom stereocenters. The predicted octanol–water partition coefficient (Wildman–Crippen LogP) is 4.37. The Kier molecular flexibility index (Phi) is 5.76. The number of halogens is 1. The number of nitrogens with one attached hydrogen (secondary N) is 1. The molecular formula is C20H21ClN4O2. The van der Waals surface area contributed by atoms with Gasteiger partial charge in [0, 0.05) is 17.4 Å². The number of ether oxygens (including phenoxy) is 1.